The lowest BCUT2D eigenvalue weighted by Crippen LogP contribution is -2.33. The molecule has 0 aromatic heterocycles. The Morgan fingerprint density at radius 3 is 2.83 bits per heavy atom. The van der Waals surface area contributed by atoms with E-state index in [0.717, 1.165) is 11.1 Å². The van der Waals surface area contributed by atoms with Crippen LogP contribution in [0.2, 0.25) is 0 Å². The van der Waals surface area contributed by atoms with Crippen molar-refractivity contribution in [3.05, 3.63) is 29.3 Å². The first-order chi connectivity index (χ1) is 8.31. The molecule has 96 valence electrons. The first-order valence-electron chi connectivity index (χ1n) is 5.79. The van der Waals surface area contributed by atoms with Crippen molar-refractivity contribution in [1.29, 1.82) is 0 Å². The molecule has 1 aromatic rings. The molecule has 1 aliphatic heterocycles. The number of rotatable bonds is 3. The summed E-state index contributed by atoms with van der Waals surface area (Å²) in [4.78, 5) is 10.7. The Labute approximate surface area is 106 Å². The van der Waals surface area contributed by atoms with Crippen LogP contribution < -0.4 is 11.2 Å². The number of hydrogen-bond acceptors (Lipinski definition) is 4. The van der Waals surface area contributed by atoms with E-state index in [1.165, 1.54) is 0 Å². The number of carboxylic acid groups (broad SMARTS) is 1. The Balaban J connectivity index is 2.29. The molecule has 1 aromatic carbocycles. The first kappa shape index (κ1) is 13.1. The number of aliphatic carboxylic acids is 1. The van der Waals surface area contributed by atoms with Crippen molar-refractivity contribution >= 4 is 18.6 Å². The zero-order valence-electron chi connectivity index (χ0n) is 10.4. The number of fused-ring (bicyclic) bond motifs is 1. The summed E-state index contributed by atoms with van der Waals surface area (Å²) < 4.78 is 5.43. The highest BCUT2D eigenvalue weighted by Crippen LogP contribution is 2.29. The lowest BCUT2D eigenvalue weighted by molar-refractivity contribution is -0.138. The Morgan fingerprint density at radius 1 is 1.56 bits per heavy atom. The second kappa shape index (κ2) is 4.38. The van der Waals surface area contributed by atoms with E-state index in [0.29, 0.717) is 5.46 Å². The van der Waals surface area contributed by atoms with E-state index in [9.17, 15) is 9.82 Å². The molecular formula is C12H16BNO4. The molecule has 1 aliphatic rings. The van der Waals surface area contributed by atoms with E-state index in [-0.39, 0.29) is 6.42 Å². The molecule has 0 aliphatic carbocycles. The molecule has 5 nitrogen and oxygen atoms in total. The fourth-order valence-electron chi connectivity index (χ4n) is 2.24. The van der Waals surface area contributed by atoms with Crippen molar-refractivity contribution < 1.29 is 19.6 Å². The molecule has 0 amide bonds. The molecule has 0 unspecified atom stereocenters. The minimum absolute atomic E-state index is 0.232. The van der Waals surface area contributed by atoms with Crippen LogP contribution in [0.3, 0.4) is 0 Å². The monoisotopic (exact) mass is 249 g/mol. The second-order valence-electron chi connectivity index (χ2n) is 5.05. The van der Waals surface area contributed by atoms with Crippen molar-refractivity contribution in [2.45, 2.75) is 31.9 Å². The smallest absolute Gasteiger partial charge is 0.480 e. The number of carbonyl (C=O) groups is 1. The van der Waals surface area contributed by atoms with Crippen LogP contribution in [0.1, 0.15) is 25.0 Å². The number of hydrogen-bond donors (Lipinski definition) is 3. The number of nitrogens with two attached hydrogens (primary N) is 1. The van der Waals surface area contributed by atoms with Gasteiger partial charge in [0, 0.05) is 0 Å². The topological polar surface area (TPSA) is 92.8 Å². The lowest BCUT2D eigenvalue weighted by atomic mass is 9.77. The highest BCUT2D eigenvalue weighted by Gasteiger charge is 2.40. The maximum absolute atomic E-state index is 10.7. The Kier molecular flexibility index (Phi) is 3.19. The highest BCUT2D eigenvalue weighted by molar-refractivity contribution is 6.62. The predicted octanol–water partition coefficient (Wildman–Crippen LogP) is -0.406. The van der Waals surface area contributed by atoms with E-state index < -0.39 is 24.7 Å². The quantitative estimate of drug-likeness (QED) is 0.633. The molecule has 0 spiro atoms. The molecule has 1 heterocycles. The second-order valence-corrected chi connectivity index (χ2v) is 5.05. The van der Waals surface area contributed by atoms with Crippen molar-refractivity contribution in [2.24, 2.45) is 5.73 Å². The third-order valence-corrected chi connectivity index (χ3v) is 3.21. The third kappa shape index (κ3) is 2.27. The molecule has 0 bridgehead atoms. The van der Waals surface area contributed by atoms with Gasteiger partial charge >= 0.3 is 13.1 Å². The van der Waals surface area contributed by atoms with Crippen LogP contribution in [0, 0.1) is 0 Å². The van der Waals surface area contributed by atoms with Crippen LogP contribution in [0.15, 0.2) is 18.2 Å². The Bertz CT molecular complexity index is 489. The number of benzene rings is 1. The molecule has 0 saturated carbocycles. The summed E-state index contributed by atoms with van der Waals surface area (Å²) >= 11 is 0. The van der Waals surface area contributed by atoms with Crippen LogP contribution in [-0.4, -0.2) is 29.3 Å². The summed E-state index contributed by atoms with van der Waals surface area (Å²) in [5.41, 5.74) is 7.35. The average molecular weight is 249 g/mol. The van der Waals surface area contributed by atoms with Crippen molar-refractivity contribution in [2.75, 3.05) is 0 Å². The van der Waals surface area contributed by atoms with Crippen LogP contribution in [0.5, 0.6) is 0 Å². The third-order valence-electron chi connectivity index (χ3n) is 3.21. The van der Waals surface area contributed by atoms with Gasteiger partial charge in [0.05, 0.1) is 5.60 Å². The zero-order valence-corrected chi connectivity index (χ0v) is 10.4. The standard InChI is InChI=1S/C12H16BNO4/c1-12(2)8-4-3-7(6-10(14)11(15)16)5-9(8)13(17)18-12/h3-5,10,17H,6,14H2,1-2H3,(H,15,16)/t10-/m0/s1. The van der Waals surface area contributed by atoms with Crippen LogP contribution in [0.25, 0.3) is 0 Å². The van der Waals surface area contributed by atoms with Gasteiger partial charge in [-0.2, -0.15) is 0 Å². The zero-order chi connectivity index (χ0) is 13.5. The minimum atomic E-state index is -1.03. The van der Waals surface area contributed by atoms with Crippen molar-refractivity contribution in [1.82, 2.24) is 0 Å². The molecular weight excluding hydrogens is 233 g/mol. The fourth-order valence-corrected chi connectivity index (χ4v) is 2.24. The first-order valence-corrected chi connectivity index (χ1v) is 5.79. The molecule has 0 radical (unpaired) electrons. The summed E-state index contributed by atoms with van der Waals surface area (Å²) in [7, 11) is -0.962. The van der Waals surface area contributed by atoms with Gasteiger partial charge in [-0.1, -0.05) is 18.2 Å². The average Bonchev–Trinajstić information content (AvgIpc) is 2.49. The van der Waals surface area contributed by atoms with Gasteiger partial charge in [-0.15, -0.1) is 0 Å². The maximum Gasteiger partial charge on any atom is 0.492 e. The maximum atomic E-state index is 10.7. The Morgan fingerprint density at radius 2 is 2.22 bits per heavy atom. The van der Waals surface area contributed by atoms with Crippen LogP contribution in [0.4, 0.5) is 0 Å². The van der Waals surface area contributed by atoms with E-state index in [1.54, 1.807) is 6.07 Å². The molecule has 0 fully saturated rings. The summed E-state index contributed by atoms with van der Waals surface area (Å²) in [6, 6.07) is 4.51. The van der Waals surface area contributed by atoms with Gasteiger partial charge in [-0.3, -0.25) is 4.79 Å². The molecule has 1 atom stereocenters. The van der Waals surface area contributed by atoms with E-state index >= 15 is 0 Å². The van der Waals surface area contributed by atoms with Gasteiger partial charge in [0.2, 0.25) is 0 Å². The highest BCUT2D eigenvalue weighted by atomic mass is 16.5. The van der Waals surface area contributed by atoms with Crippen molar-refractivity contribution in [3.8, 4) is 0 Å². The van der Waals surface area contributed by atoms with E-state index in [1.807, 2.05) is 26.0 Å². The minimum Gasteiger partial charge on any atom is -0.480 e. The van der Waals surface area contributed by atoms with E-state index in [2.05, 4.69) is 0 Å². The fraction of sp³-hybridized carbons (Fsp3) is 0.417. The summed E-state index contributed by atoms with van der Waals surface area (Å²) in [5, 5.41) is 18.6. The summed E-state index contributed by atoms with van der Waals surface area (Å²) in [6.45, 7) is 3.76. The van der Waals surface area contributed by atoms with Gasteiger partial charge in [0.1, 0.15) is 6.04 Å². The van der Waals surface area contributed by atoms with E-state index in [4.69, 9.17) is 15.5 Å². The van der Waals surface area contributed by atoms with Gasteiger partial charge in [0.15, 0.2) is 0 Å². The molecule has 4 N–H and O–H groups in total. The van der Waals surface area contributed by atoms with Gasteiger partial charge in [0.25, 0.3) is 0 Å². The number of carboxylic acids is 1. The molecule has 18 heavy (non-hydrogen) atoms. The molecule has 6 heteroatoms. The summed E-state index contributed by atoms with van der Waals surface area (Å²) in [6.07, 6.45) is 0.232. The van der Waals surface area contributed by atoms with Crippen LogP contribution >= 0.6 is 0 Å². The van der Waals surface area contributed by atoms with Crippen molar-refractivity contribution in [3.63, 3.8) is 0 Å². The SMILES string of the molecule is CC1(C)OB(O)c2cc(C[C@H](N)C(=O)O)ccc21. The molecule has 0 saturated heterocycles. The predicted molar refractivity (Wildman–Crippen MR) is 67.5 cm³/mol. The molecule has 2 rings (SSSR count). The van der Waals surface area contributed by atoms with Crippen LogP contribution in [-0.2, 0) is 21.5 Å². The lowest BCUT2D eigenvalue weighted by Gasteiger charge is -2.19. The largest absolute Gasteiger partial charge is 0.492 e. The normalized spacial score (nSPS) is 18.6. The Hall–Kier alpha value is -1.37. The summed E-state index contributed by atoms with van der Waals surface area (Å²) in [5.74, 6) is -1.03. The van der Waals surface area contributed by atoms with Gasteiger partial charge in [-0.25, -0.2) is 0 Å². The van der Waals surface area contributed by atoms with Gasteiger partial charge < -0.3 is 20.5 Å². The van der Waals surface area contributed by atoms with Gasteiger partial charge in [-0.05, 0) is 36.9 Å².